The molecule has 2 aromatic carbocycles. The van der Waals surface area contributed by atoms with Crippen molar-refractivity contribution in [2.75, 3.05) is 13.2 Å². The van der Waals surface area contributed by atoms with Gasteiger partial charge in [-0.15, -0.1) is 12.4 Å². The fraction of sp³-hybridized carbons (Fsp3) is 0.316. The normalized spacial score (nSPS) is 12.6. The van der Waals surface area contributed by atoms with Gasteiger partial charge in [0.1, 0.15) is 12.4 Å². The smallest absolute Gasteiger partial charge is 0.224 e. The molecule has 4 nitrogen and oxygen atoms in total. The number of benzene rings is 2. The van der Waals surface area contributed by atoms with Crippen molar-refractivity contribution in [1.82, 2.24) is 5.32 Å². The van der Waals surface area contributed by atoms with Gasteiger partial charge in [0.2, 0.25) is 5.91 Å². The van der Waals surface area contributed by atoms with E-state index in [9.17, 15) is 4.79 Å². The molecule has 0 aliphatic carbocycles. The third-order valence-electron chi connectivity index (χ3n) is 3.83. The van der Waals surface area contributed by atoms with E-state index in [0.29, 0.717) is 13.2 Å². The van der Waals surface area contributed by atoms with E-state index in [0.717, 1.165) is 11.3 Å². The first-order chi connectivity index (χ1) is 11.1. The number of carbonyl (C=O) groups excluding carboxylic acids is 1. The lowest BCUT2D eigenvalue weighted by Gasteiger charge is -2.19. The molecule has 0 aliphatic rings. The van der Waals surface area contributed by atoms with Crippen LogP contribution in [0, 0.1) is 12.8 Å². The zero-order chi connectivity index (χ0) is 16.7. The van der Waals surface area contributed by atoms with Crippen molar-refractivity contribution in [3.05, 3.63) is 65.7 Å². The second-order valence-corrected chi connectivity index (χ2v) is 5.68. The van der Waals surface area contributed by atoms with Gasteiger partial charge in [0.05, 0.1) is 12.5 Å². The maximum atomic E-state index is 12.2. The Balaban J connectivity index is 0.00000288. The molecular formula is C19H25ClN2O2. The topological polar surface area (TPSA) is 64.3 Å². The maximum Gasteiger partial charge on any atom is 0.224 e. The quantitative estimate of drug-likeness (QED) is 0.755. The van der Waals surface area contributed by atoms with E-state index < -0.39 is 0 Å². The standard InChI is InChI=1S/C19H24N2O2.ClH/c1-14-8-10-17(11-9-14)23-13-12-21-19(22)15(2)18(20)16-6-4-3-5-7-16;/h3-11,15,18H,12-13,20H2,1-2H3,(H,21,22);1H. The Morgan fingerprint density at radius 3 is 2.38 bits per heavy atom. The van der Waals surface area contributed by atoms with Gasteiger partial charge in [0.15, 0.2) is 0 Å². The Morgan fingerprint density at radius 1 is 1.12 bits per heavy atom. The highest BCUT2D eigenvalue weighted by Gasteiger charge is 2.21. The average Bonchev–Trinajstić information content (AvgIpc) is 2.59. The highest BCUT2D eigenvalue weighted by molar-refractivity contribution is 5.85. The predicted molar refractivity (Wildman–Crippen MR) is 99.5 cm³/mol. The van der Waals surface area contributed by atoms with Crippen LogP contribution in [0.2, 0.25) is 0 Å². The Kier molecular flexibility index (Phi) is 8.30. The second-order valence-electron chi connectivity index (χ2n) is 5.68. The van der Waals surface area contributed by atoms with Gasteiger partial charge in [-0.3, -0.25) is 4.79 Å². The molecule has 0 aromatic heterocycles. The number of amides is 1. The molecule has 2 unspecified atom stereocenters. The molecule has 0 spiro atoms. The lowest BCUT2D eigenvalue weighted by Crippen LogP contribution is -2.37. The predicted octanol–water partition coefficient (Wildman–Crippen LogP) is 3.25. The van der Waals surface area contributed by atoms with Crippen molar-refractivity contribution in [2.24, 2.45) is 11.7 Å². The molecule has 24 heavy (non-hydrogen) atoms. The lowest BCUT2D eigenvalue weighted by atomic mass is 9.95. The highest BCUT2D eigenvalue weighted by atomic mass is 35.5. The van der Waals surface area contributed by atoms with Gasteiger partial charge in [-0.05, 0) is 24.6 Å². The third kappa shape index (κ3) is 5.87. The van der Waals surface area contributed by atoms with Crippen LogP contribution in [0.3, 0.4) is 0 Å². The summed E-state index contributed by atoms with van der Waals surface area (Å²) in [6.07, 6.45) is 0. The van der Waals surface area contributed by atoms with E-state index in [1.165, 1.54) is 5.56 Å². The van der Waals surface area contributed by atoms with E-state index in [2.05, 4.69) is 5.32 Å². The van der Waals surface area contributed by atoms with Gasteiger partial charge in [0, 0.05) is 6.04 Å². The number of aryl methyl sites for hydroxylation is 1. The summed E-state index contributed by atoms with van der Waals surface area (Å²) in [5.74, 6) is 0.449. The monoisotopic (exact) mass is 348 g/mol. The molecule has 0 radical (unpaired) electrons. The summed E-state index contributed by atoms with van der Waals surface area (Å²) >= 11 is 0. The number of nitrogens with one attached hydrogen (secondary N) is 1. The van der Waals surface area contributed by atoms with Crippen molar-refractivity contribution in [1.29, 1.82) is 0 Å². The minimum Gasteiger partial charge on any atom is -0.492 e. The van der Waals surface area contributed by atoms with Crippen LogP contribution in [0.5, 0.6) is 5.75 Å². The van der Waals surface area contributed by atoms with Crippen molar-refractivity contribution in [2.45, 2.75) is 19.9 Å². The number of nitrogens with two attached hydrogens (primary N) is 1. The molecule has 0 saturated carbocycles. The molecule has 0 bridgehead atoms. The number of rotatable bonds is 7. The molecule has 0 aliphatic heterocycles. The summed E-state index contributed by atoms with van der Waals surface area (Å²) < 4.78 is 5.59. The van der Waals surface area contributed by atoms with E-state index in [4.69, 9.17) is 10.5 Å². The van der Waals surface area contributed by atoms with Gasteiger partial charge in [0.25, 0.3) is 0 Å². The SMILES string of the molecule is Cc1ccc(OCCNC(=O)C(C)C(N)c2ccccc2)cc1.Cl. The summed E-state index contributed by atoms with van der Waals surface area (Å²) in [6, 6.07) is 17.2. The second kappa shape index (κ2) is 9.96. The van der Waals surface area contributed by atoms with Gasteiger partial charge < -0.3 is 15.8 Å². The Labute approximate surface area is 149 Å². The number of ether oxygens (including phenoxy) is 1. The van der Waals surface area contributed by atoms with Crippen molar-refractivity contribution < 1.29 is 9.53 Å². The molecule has 0 fully saturated rings. The van der Waals surface area contributed by atoms with Crippen LogP contribution in [0.25, 0.3) is 0 Å². The summed E-state index contributed by atoms with van der Waals surface area (Å²) in [5, 5.41) is 2.87. The van der Waals surface area contributed by atoms with Crippen LogP contribution in [0.4, 0.5) is 0 Å². The van der Waals surface area contributed by atoms with Crippen LogP contribution < -0.4 is 15.8 Å². The number of hydrogen-bond donors (Lipinski definition) is 2. The summed E-state index contributed by atoms with van der Waals surface area (Å²) in [5.41, 5.74) is 8.31. The fourth-order valence-corrected chi connectivity index (χ4v) is 2.27. The van der Waals surface area contributed by atoms with E-state index in [1.54, 1.807) is 0 Å². The zero-order valence-corrected chi connectivity index (χ0v) is 14.9. The van der Waals surface area contributed by atoms with Gasteiger partial charge >= 0.3 is 0 Å². The molecule has 1 amide bonds. The van der Waals surface area contributed by atoms with Gasteiger partial charge in [-0.25, -0.2) is 0 Å². The Bertz CT molecular complexity index is 617. The molecule has 5 heteroatoms. The number of hydrogen-bond acceptors (Lipinski definition) is 3. The zero-order valence-electron chi connectivity index (χ0n) is 14.1. The van der Waals surface area contributed by atoms with E-state index in [1.807, 2.05) is 68.4 Å². The van der Waals surface area contributed by atoms with Crippen molar-refractivity contribution in [3.63, 3.8) is 0 Å². The molecular weight excluding hydrogens is 324 g/mol. The number of halogens is 1. The van der Waals surface area contributed by atoms with E-state index >= 15 is 0 Å². The molecule has 0 heterocycles. The summed E-state index contributed by atoms with van der Waals surface area (Å²) in [7, 11) is 0. The van der Waals surface area contributed by atoms with Crippen LogP contribution in [0.1, 0.15) is 24.1 Å². The van der Waals surface area contributed by atoms with Crippen LogP contribution in [-0.4, -0.2) is 19.1 Å². The summed E-state index contributed by atoms with van der Waals surface area (Å²) in [4.78, 5) is 12.2. The molecule has 2 aromatic rings. The molecule has 2 rings (SSSR count). The maximum absolute atomic E-state index is 12.2. The van der Waals surface area contributed by atoms with Crippen LogP contribution >= 0.6 is 12.4 Å². The first-order valence-corrected chi connectivity index (χ1v) is 7.85. The molecule has 130 valence electrons. The Morgan fingerprint density at radius 2 is 1.75 bits per heavy atom. The first kappa shape index (κ1) is 20.0. The summed E-state index contributed by atoms with van der Waals surface area (Å²) in [6.45, 7) is 4.76. The Hall–Kier alpha value is -2.04. The molecule has 3 N–H and O–H groups in total. The lowest BCUT2D eigenvalue weighted by molar-refractivity contribution is -0.125. The van der Waals surface area contributed by atoms with Gasteiger partial charge in [-0.2, -0.15) is 0 Å². The fourth-order valence-electron chi connectivity index (χ4n) is 2.27. The largest absolute Gasteiger partial charge is 0.492 e. The molecule has 0 saturated heterocycles. The van der Waals surface area contributed by atoms with Crippen LogP contribution in [-0.2, 0) is 4.79 Å². The molecule has 2 atom stereocenters. The number of carbonyl (C=O) groups is 1. The van der Waals surface area contributed by atoms with E-state index in [-0.39, 0.29) is 30.3 Å². The average molecular weight is 349 g/mol. The van der Waals surface area contributed by atoms with Crippen LogP contribution in [0.15, 0.2) is 54.6 Å². The minimum absolute atomic E-state index is 0. The highest BCUT2D eigenvalue weighted by Crippen LogP contribution is 2.18. The van der Waals surface area contributed by atoms with Crippen molar-refractivity contribution >= 4 is 18.3 Å². The third-order valence-corrected chi connectivity index (χ3v) is 3.83. The van der Waals surface area contributed by atoms with Crippen molar-refractivity contribution in [3.8, 4) is 5.75 Å². The van der Waals surface area contributed by atoms with Gasteiger partial charge in [-0.1, -0.05) is 55.0 Å². The minimum atomic E-state index is -0.311. The first-order valence-electron chi connectivity index (χ1n) is 7.85.